The molecule has 0 aromatic rings. The SMILES string of the molecule is CCCCCC/C=C/CCCCCCCC(=O)N[C@@H](CCC(=O)NCCCC)C(=O)NCCCC. The highest BCUT2D eigenvalue weighted by Crippen LogP contribution is 2.09. The van der Waals surface area contributed by atoms with Gasteiger partial charge in [-0.2, -0.15) is 0 Å². The topological polar surface area (TPSA) is 87.3 Å². The quantitative estimate of drug-likeness (QED) is 0.108. The number of amides is 3. The monoisotopic (exact) mass is 493 g/mol. The Morgan fingerprint density at radius 1 is 0.600 bits per heavy atom. The molecule has 0 bridgehead atoms. The average molecular weight is 494 g/mol. The van der Waals surface area contributed by atoms with Gasteiger partial charge in [-0.3, -0.25) is 14.4 Å². The van der Waals surface area contributed by atoms with Crippen LogP contribution in [0.3, 0.4) is 0 Å². The third kappa shape index (κ3) is 22.4. The fourth-order valence-electron chi connectivity index (χ4n) is 3.82. The number of carbonyl (C=O) groups excluding carboxylic acids is 3. The highest BCUT2D eigenvalue weighted by molar-refractivity contribution is 5.88. The van der Waals surface area contributed by atoms with E-state index in [4.69, 9.17) is 0 Å². The molecule has 0 aliphatic rings. The van der Waals surface area contributed by atoms with Crippen LogP contribution in [0.2, 0.25) is 0 Å². The first-order chi connectivity index (χ1) is 17.0. The third-order valence-corrected chi connectivity index (χ3v) is 6.16. The van der Waals surface area contributed by atoms with Gasteiger partial charge in [0.15, 0.2) is 0 Å². The first-order valence-electron chi connectivity index (χ1n) is 14.5. The van der Waals surface area contributed by atoms with Crippen molar-refractivity contribution in [2.75, 3.05) is 13.1 Å². The van der Waals surface area contributed by atoms with E-state index in [1.807, 2.05) is 0 Å². The zero-order valence-electron chi connectivity index (χ0n) is 23.1. The van der Waals surface area contributed by atoms with E-state index in [2.05, 4.69) is 48.9 Å². The van der Waals surface area contributed by atoms with Gasteiger partial charge < -0.3 is 16.0 Å². The Bertz CT molecular complexity index is 563. The second-order valence-electron chi connectivity index (χ2n) is 9.63. The van der Waals surface area contributed by atoms with E-state index in [9.17, 15) is 14.4 Å². The van der Waals surface area contributed by atoms with Crippen molar-refractivity contribution in [2.45, 2.75) is 142 Å². The van der Waals surface area contributed by atoms with Crippen LogP contribution in [0.5, 0.6) is 0 Å². The molecule has 6 heteroatoms. The number of allylic oxidation sites excluding steroid dienone is 2. The summed E-state index contributed by atoms with van der Waals surface area (Å²) in [5.41, 5.74) is 0. The Labute approximate surface area is 215 Å². The lowest BCUT2D eigenvalue weighted by Crippen LogP contribution is -2.47. The van der Waals surface area contributed by atoms with Crippen molar-refractivity contribution in [3.05, 3.63) is 12.2 Å². The number of hydrogen-bond acceptors (Lipinski definition) is 3. The van der Waals surface area contributed by atoms with Gasteiger partial charge in [0.25, 0.3) is 0 Å². The maximum absolute atomic E-state index is 12.6. The zero-order valence-corrected chi connectivity index (χ0v) is 23.1. The van der Waals surface area contributed by atoms with Gasteiger partial charge in [-0.05, 0) is 51.4 Å². The van der Waals surface area contributed by atoms with Crippen LogP contribution in [-0.4, -0.2) is 36.9 Å². The summed E-state index contributed by atoms with van der Waals surface area (Å²) >= 11 is 0. The second kappa shape index (κ2) is 25.2. The van der Waals surface area contributed by atoms with Crippen LogP contribution in [0.4, 0.5) is 0 Å². The molecule has 0 heterocycles. The lowest BCUT2D eigenvalue weighted by Gasteiger charge is -2.18. The van der Waals surface area contributed by atoms with Crippen molar-refractivity contribution < 1.29 is 14.4 Å². The molecule has 0 spiro atoms. The molecule has 0 saturated heterocycles. The van der Waals surface area contributed by atoms with Gasteiger partial charge in [0.05, 0.1) is 0 Å². The molecule has 3 amide bonds. The molecule has 0 aliphatic heterocycles. The highest BCUT2D eigenvalue weighted by Gasteiger charge is 2.21. The average Bonchev–Trinajstić information content (AvgIpc) is 2.84. The van der Waals surface area contributed by atoms with E-state index >= 15 is 0 Å². The third-order valence-electron chi connectivity index (χ3n) is 6.16. The fourth-order valence-corrected chi connectivity index (χ4v) is 3.82. The van der Waals surface area contributed by atoms with Gasteiger partial charge in [0, 0.05) is 25.9 Å². The summed E-state index contributed by atoms with van der Waals surface area (Å²) in [7, 11) is 0. The summed E-state index contributed by atoms with van der Waals surface area (Å²) in [5.74, 6) is -0.352. The van der Waals surface area contributed by atoms with E-state index < -0.39 is 6.04 Å². The molecule has 6 nitrogen and oxygen atoms in total. The molecule has 0 unspecified atom stereocenters. The Balaban J connectivity index is 4.11. The lowest BCUT2D eigenvalue weighted by molar-refractivity contribution is -0.129. The predicted molar refractivity (Wildman–Crippen MR) is 147 cm³/mol. The van der Waals surface area contributed by atoms with Crippen LogP contribution in [0.25, 0.3) is 0 Å². The summed E-state index contributed by atoms with van der Waals surface area (Å²) in [6.45, 7) is 7.64. The molecular weight excluding hydrogens is 438 g/mol. The summed E-state index contributed by atoms with van der Waals surface area (Å²) in [6.07, 6.45) is 22.5. The molecule has 0 radical (unpaired) electrons. The van der Waals surface area contributed by atoms with Gasteiger partial charge in [0.2, 0.25) is 17.7 Å². The Morgan fingerprint density at radius 3 is 1.77 bits per heavy atom. The molecule has 0 saturated carbocycles. The largest absolute Gasteiger partial charge is 0.356 e. The normalized spacial score (nSPS) is 12.0. The first kappa shape index (κ1) is 33.1. The van der Waals surface area contributed by atoms with Gasteiger partial charge in [-0.1, -0.05) is 84.3 Å². The van der Waals surface area contributed by atoms with E-state index in [-0.39, 0.29) is 24.1 Å². The molecule has 0 rings (SSSR count). The molecule has 204 valence electrons. The molecule has 1 atom stereocenters. The number of hydrogen-bond donors (Lipinski definition) is 3. The van der Waals surface area contributed by atoms with Crippen LogP contribution >= 0.6 is 0 Å². The minimum Gasteiger partial charge on any atom is -0.356 e. The van der Waals surface area contributed by atoms with Gasteiger partial charge in [-0.25, -0.2) is 0 Å². The van der Waals surface area contributed by atoms with Gasteiger partial charge in [-0.15, -0.1) is 0 Å². The molecular formula is C29H55N3O3. The second-order valence-corrected chi connectivity index (χ2v) is 9.63. The highest BCUT2D eigenvalue weighted by atomic mass is 16.2. The van der Waals surface area contributed by atoms with Gasteiger partial charge >= 0.3 is 0 Å². The van der Waals surface area contributed by atoms with Crippen LogP contribution in [0.1, 0.15) is 136 Å². The first-order valence-corrected chi connectivity index (χ1v) is 14.5. The van der Waals surface area contributed by atoms with Crippen LogP contribution in [0, 0.1) is 0 Å². The standard InChI is InChI=1S/C29H55N3O3/c1-4-7-10-11-12-13-14-15-16-17-18-19-20-21-28(34)32-26(29(35)31-25-9-6-3)22-23-27(33)30-24-8-5-2/h13-14,26H,4-12,15-25H2,1-3H3,(H,30,33)(H,31,35)(H,32,34)/b14-13+/t26-/m0/s1. The molecule has 35 heavy (non-hydrogen) atoms. The maximum Gasteiger partial charge on any atom is 0.242 e. The number of carbonyl (C=O) groups is 3. The number of rotatable bonds is 24. The minimum atomic E-state index is -0.648. The van der Waals surface area contributed by atoms with Crippen molar-refractivity contribution >= 4 is 17.7 Å². The predicted octanol–water partition coefficient (Wildman–Crippen LogP) is 6.34. The molecule has 0 aromatic carbocycles. The minimum absolute atomic E-state index is 0.0644. The zero-order chi connectivity index (χ0) is 26.0. The van der Waals surface area contributed by atoms with Crippen molar-refractivity contribution in [3.63, 3.8) is 0 Å². The smallest absolute Gasteiger partial charge is 0.242 e. The van der Waals surface area contributed by atoms with Crippen molar-refractivity contribution in [1.29, 1.82) is 0 Å². The molecule has 0 aromatic heterocycles. The van der Waals surface area contributed by atoms with Gasteiger partial charge in [0.1, 0.15) is 6.04 Å². The molecule has 0 fully saturated rings. The summed E-state index contributed by atoms with van der Waals surface area (Å²) in [5, 5.41) is 8.64. The van der Waals surface area contributed by atoms with Crippen LogP contribution < -0.4 is 16.0 Å². The molecule has 0 aliphatic carbocycles. The van der Waals surface area contributed by atoms with Crippen molar-refractivity contribution in [1.82, 2.24) is 16.0 Å². The lowest BCUT2D eigenvalue weighted by atomic mass is 10.1. The van der Waals surface area contributed by atoms with E-state index in [1.54, 1.807) is 0 Å². The summed E-state index contributed by atoms with van der Waals surface area (Å²) in [4.78, 5) is 37.0. The van der Waals surface area contributed by atoms with E-state index in [0.29, 0.717) is 25.9 Å². The number of unbranched alkanes of at least 4 members (excludes halogenated alkanes) is 11. The van der Waals surface area contributed by atoms with Crippen LogP contribution in [-0.2, 0) is 14.4 Å². The van der Waals surface area contributed by atoms with E-state index in [0.717, 1.165) is 51.4 Å². The van der Waals surface area contributed by atoms with E-state index in [1.165, 1.54) is 44.9 Å². The van der Waals surface area contributed by atoms with Crippen LogP contribution in [0.15, 0.2) is 12.2 Å². The molecule has 3 N–H and O–H groups in total. The van der Waals surface area contributed by atoms with Crippen molar-refractivity contribution in [2.24, 2.45) is 0 Å². The summed E-state index contributed by atoms with van der Waals surface area (Å²) in [6, 6.07) is -0.648. The maximum atomic E-state index is 12.6. The Hall–Kier alpha value is -1.85. The number of nitrogens with one attached hydrogen (secondary N) is 3. The Kier molecular flexibility index (Phi) is 23.9. The van der Waals surface area contributed by atoms with Crippen molar-refractivity contribution in [3.8, 4) is 0 Å². The summed E-state index contributed by atoms with van der Waals surface area (Å²) < 4.78 is 0. The Morgan fingerprint density at radius 2 is 1.14 bits per heavy atom. The fraction of sp³-hybridized carbons (Fsp3) is 0.828.